The Balaban J connectivity index is 1.61. The average Bonchev–Trinajstić information content (AvgIpc) is 3.16. The van der Waals surface area contributed by atoms with E-state index >= 15 is 0 Å². The van der Waals surface area contributed by atoms with Gasteiger partial charge < -0.3 is 10.1 Å². The molecule has 0 bridgehead atoms. The lowest BCUT2D eigenvalue weighted by atomic mass is 10.1. The van der Waals surface area contributed by atoms with E-state index in [9.17, 15) is 4.79 Å². The number of fused-ring (bicyclic) bond motifs is 2. The number of pyridine rings is 2. The summed E-state index contributed by atoms with van der Waals surface area (Å²) in [5.74, 6) is 0.436. The molecule has 4 aromatic heterocycles. The molecule has 1 fully saturated rings. The van der Waals surface area contributed by atoms with E-state index in [2.05, 4.69) is 20.4 Å². The molecule has 0 unspecified atom stereocenters. The largest absolute Gasteiger partial charge is 0.381 e. The van der Waals surface area contributed by atoms with Crippen molar-refractivity contribution in [3.05, 3.63) is 52.3 Å². The van der Waals surface area contributed by atoms with Crippen LogP contribution in [0.1, 0.15) is 30.0 Å². The summed E-state index contributed by atoms with van der Waals surface area (Å²) in [4.78, 5) is 26.2. The zero-order valence-electron chi connectivity index (χ0n) is 16.3. The molecular weight excluding hydrogens is 370 g/mol. The van der Waals surface area contributed by atoms with E-state index in [-0.39, 0.29) is 11.6 Å². The van der Waals surface area contributed by atoms with Crippen molar-refractivity contribution in [2.45, 2.75) is 32.7 Å². The minimum atomic E-state index is -0.0354. The molecule has 4 aromatic rings. The molecule has 5 rings (SSSR count). The lowest BCUT2D eigenvalue weighted by Crippen LogP contribution is -2.30. The summed E-state index contributed by atoms with van der Waals surface area (Å²) in [6.45, 7) is 5.21. The third-order valence-corrected chi connectivity index (χ3v) is 5.42. The van der Waals surface area contributed by atoms with Crippen molar-refractivity contribution in [1.29, 1.82) is 0 Å². The molecule has 0 amide bonds. The van der Waals surface area contributed by atoms with Gasteiger partial charge in [-0.15, -0.1) is 0 Å². The highest BCUT2D eigenvalue weighted by Gasteiger charge is 2.21. The number of nitrogens with zero attached hydrogens (tertiary/aromatic N) is 6. The van der Waals surface area contributed by atoms with Gasteiger partial charge in [0.2, 0.25) is 5.95 Å². The van der Waals surface area contributed by atoms with Crippen LogP contribution in [0.2, 0.25) is 0 Å². The van der Waals surface area contributed by atoms with Gasteiger partial charge in [0.05, 0.1) is 11.9 Å². The zero-order valence-corrected chi connectivity index (χ0v) is 16.3. The Morgan fingerprint density at radius 3 is 2.79 bits per heavy atom. The maximum absolute atomic E-state index is 12.8. The van der Waals surface area contributed by atoms with E-state index in [0.29, 0.717) is 24.8 Å². The summed E-state index contributed by atoms with van der Waals surface area (Å²) in [7, 11) is 0. The Bertz CT molecular complexity index is 1270. The summed E-state index contributed by atoms with van der Waals surface area (Å²) in [6.07, 6.45) is 6.74. The first-order valence-electron chi connectivity index (χ1n) is 9.64. The molecule has 0 radical (unpaired) electrons. The monoisotopic (exact) mass is 391 g/mol. The van der Waals surface area contributed by atoms with Crippen molar-refractivity contribution in [3.8, 4) is 0 Å². The second-order valence-electron chi connectivity index (χ2n) is 7.37. The van der Waals surface area contributed by atoms with Gasteiger partial charge in [-0.2, -0.15) is 10.1 Å². The van der Waals surface area contributed by atoms with Gasteiger partial charge in [-0.1, -0.05) is 0 Å². The fraction of sp³-hybridized carbons (Fsp3) is 0.350. The number of anilines is 2. The molecule has 29 heavy (non-hydrogen) atoms. The van der Waals surface area contributed by atoms with Crippen molar-refractivity contribution < 1.29 is 4.74 Å². The topological polar surface area (TPSA) is 99.2 Å². The molecule has 9 nitrogen and oxygen atoms in total. The van der Waals surface area contributed by atoms with Crippen LogP contribution in [-0.2, 0) is 4.74 Å². The van der Waals surface area contributed by atoms with E-state index in [1.807, 2.05) is 26.1 Å². The Kier molecular flexibility index (Phi) is 4.24. The predicted molar refractivity (Wildman–Crippen MR) is 109 cm³/mol. The van der Waals surface area contributed by atoms with E-state index in [1.165, 1.54) is 6.33 Å². The van der Waals surface area contributed by atoms with Gasteiger partial charge in [-0.05, 0) is 43.9 Å². The maximum Gasteiger partial charge on any atom is 0.252 e. The van der Waals surface area contributed by atoms with E-state index in [4.69, 9.17) is 9.72 Å². The molecule has 0 spiro atoms. The fourth-order valence-electron chi connectivity index (χ4n) is 3.84. The summed E-state index contributed by atoms with van der Waals surface area (Å²) in [5, 5.41) is 8.32. The van der Waals surface area contributed by atoms with Gasteiger partial charge in [0.1, 0.15) is 12.0 Å². The molecule has 9 heteroatoms. The van der Waals surface area contributed by atoms with Crippen molar-refractivity contribution in [1.82, 2.24) is 29.1 Å². The highest BCUT2D eigenvalue weighted by Crippen LogP contribution is 2.26. The Morgan fingerprint density at radius 2 is 1.97 bits per heavy atom. The first kappa shape index (κ1) is 17.7. The van der Waals surface area contributed by atoms with Crippen LogP contribution in [0, 0.1) is 13.8 Å². The first-order valence-corrected chi connectivity index (χ1v) is 9.64. The van der Waals surface area contributed by atoms with Gasteiger partial charge in [0.15, 0.2) is 5.65 Å². The Hall–Kier alpha value is -3.33. The molecule has 1 N–H and O–H groups in total. The highest BCUT2D eigenvalue weighted by atomic mass is 16.5. The standard InChI is InChI=1S/C20H21N7O2/c1-12-8-18(28)27(14-3-5-29-6-4-14)19-15(12)9-21-20(25-19)24-16-10-26-17(7-13(16)2)22-11-23-26/h7-11,14H,3-6H2,1-2H3,(H,21,24,25). The Labute approximate surface area is 166 Å². The van der Waals surface area contributed by atoms with Gasteiger partial charge in [-0.3, -0.25) is 9.36 Å². The van der Waals surface area contributed by atoms with Crippen LogP contribution in [-0.4, -0.2) is 42.3 Å². The predicted octanol–water partition coefficient (Wildman–Crippen LogP) is 2.55. The molecule has 0 atom stereocenters. The minimum Gasteiger partial charge on any atom is -0.381 e. The van der Waals surface area contributed by atoms with Gasteiger partial charge in [-0.25, -0.2) is 14.5 Å². The van der Waals surface area contributed by atoms with Crippen LogP contribution in [0.25, 0.3) is 16.7 Å². The number of hydrogen-bond donors (Lipinski definition) is 1. The van der Waals surface area contributed by atoms with Crippen LogP contribution in [0.5, 0.6) is 0 Å². The molecule has 0 saturated carbocycles. The summed E-state index contributed by atoms with van der Waals surface area (Å²) >= 11 is 0. The van der Waals surface area contributed by atoms with Crippen LogP contribution in [0.15, 0.2) is 35.6 Å². The van der Waals surface area contributed by atoms with Crippen molar-refractivity contribution in [2.75, 3.05) is 18.5 Å². The van der Waals surface area contributed by atoms with Crippen LogP contribution in [0.4, 0.5) is 11.6 Å². The second-order valence-corrected chi connectivity index (χ2v) is 7.37. The van der Waals surface area contributed by atoms with E-state index in [1.54, 1.807) is 21.3 Å². The number of hydrogen-bond acceptors (Lipinski definition) is 7. The molecule has 1 saturated heterocycles. The van der Waals surface area contributed by atoms with Gasteiger partial charge >= 0.3 is 0 Å². The number of nitrogens with one attached hydrogen (secondary N) is 1. The van der Waals surface area contributed by atoms with Crippen LogP contribution < -0.4 is 10.9 Å². The van der Waals surface area contributed by atoms with Crippen molar-refractivity contribution in [3.63, 3.8) is 0 Å². The second kappa shape index (κ2) is 6.93. The fourth-order valence-corrected chi connectivity index (χ4v) is 3.84. The van der Waals surface area contributed by atoms with Gasteiger partial charge in [0, 0.05) is 36.9 Å². The number of aromatic nitrogens is 6. The Morgan fingerprint density at radius 1 is 1.14 bits per heavy atom. The van der Waals surface area contributed by atoms with E-state index < -0.39 is 0 Å². The number of ether oxygens (including phenoxy) is 1. The van der Waals surface area contributed by atoms with Crippen LogP contribution >= 0.6 is 0 Å². The average molecular weight is 391 g/mol. The van der Waals surface area contributed by atoms with Crippen LogP contribution in [0.3, 0.4) is 0 Å². The number of rotatable bonds is 3. The third-order valence-electron chi connectivity index (χ3n) is 5.42. The van der Waals surface area contributed by atoms with Gasteiger partial charge in [0.25, 0.3) is 5.56 Å². The summed E-state index contributed by atoms with van der Waals surface area (Å²) in [5.41, 5.74) is 4.09. The number of aryl methyl sites for hydroxylation is 2. The van der Waals surface area contributed by atoms with Crippen molar-refractivity contribution in [2.24, 2.45) is 0 Å². The molecular formula is C20H21N7O2. The zero-order chi connectivity index (χ0) is 20.0. The molecule has 1 aliphatic heterocycles. The minimum absolute atomic E-state index is 0.0354. The summed E-state index contributed by atoms with van der Waals surface area (Å²) < 4.78 is 8.96. The smallest absolute Gasteiger partial charge is 0.252 e. The molecule has 5 heterocycles. The maximum atomic E-state index is 12.8. The van der Waals surface area contributed by atoms with Crippen molar-refractivity contribution >= 4 is 28.3 Å². The normalized spacial score (nSPS) is 15.2. The quantitative estimate of drug-likeness (QED) is 0.573. The SMILES string of the molecule is Cc1cc2ncnn2cc1Nc1ncc2c(C)cc(=O)n(C3CCOCC3)c2n1. The first-order chi connectivity index (χ1) is 14.1. The third kappa shape index (κ3) is 3.13. The van der Waals surface area contributed by atoms with E-state index in [0.717, 1.165) is 40.7 Å². The molecule has 1 aliphatic rings. The molecule has 148 valence electrons. The molecule has 0 aliphatic carbocycles. The lowest BCUT2D eigenvalue weighted by molar-refractivity contribution is 0.0697. The lowest BCUT2D eigenvalue weighted by Gasteiger charge is -2.25. The summed E-state index contributed by atoms with van der Waals surface area (Å²) in [6, 6.07) is 3.69. The highest BCUT2D eigenvalue weighted by molar-refractivity contribution is 5.79. The molecule has 0 aromatic carbocycles.